The summed E-state index contributed by atoms with van der Waals surface area (Å²) in [6.07, 6.45) is 22.5. The number of fused-ring (bicyclic) bond motifs is 8. The van der Waals surface area contributed by atoms with Gasteiger partial charge in [-0.05, 0) is 142 Å². The Balaban J connectivity index is 1.23. The number of benzene rings is 6. The minimum Gasteiger partial charge on any atom is -0.0836 e. The van der Waals surface area contributed by atoms with Crippen LogP contribution in [0.15, 0.2) is 145 Å². The van der Waals surface area contributed by atoms with Crippen molar-refractivity contribution in [2.24, 2.45) is 5.92 Å². The van der Waals surface area contributed by atoms with Crippen molar-refractivity contribution in [2.45, 2.75) is 83.5 Å². The molecule has 3 atom stereocenters. The first-order valence-electron chi connectivity index (χ1n) is 20.8. The van der Waals surface area contributed by atoms with Gasteiger partial charge < -0.3 is 0 Å². The molecule has 0 nitrogen and oxygen atoms in total. The second-order valence-electron chi connectivity index (χ2n) is 18.9. The molecule has 276 valence electrons. The monoisotopic (exact) mass is 724 g/mol. The minimum absolute atomic E-state index is 0.0272. The summed E-state index contributed by atoms with van der Waals surface area (Å²) in [6, 6.07) is 40.0. The van der Waals surface area contributed by atoms with Gasteiger partial charge in [0, 0.05) is 17.8 Å². The van der Waals surface area contributed by atoms with E-state index >= 15 is 0 Å². The Hall–Kier alpha value is -5.46. The van der Waals surface area contributed by atoms with E-state index in [1.807, 2.05) is 0 Å². The molecular formula is C56H52. The topological polar surface area (TPSA) is 0 Å². The quantitative estimate of drug-likeness (QED) is 0.170. The third-order valence-corrected chi connectivity index (χ3v) is 13.2. The van der Waals surface area contributed by atoms with E-state index in [1.54, 1.807) is 0 Å². The smallest absolute Gasteiger partial charge is 0.0133 e. The molecule has 0 spiro atoms. The van der Waals surface area contributed by atoms with Crippen LogP contribution in [0.1, 0.15) is 110 Å². The Labute approximate surface area is 333 Å². The van der Waals surface area contributed by atoms with Crippen LogP contribution in [-0.4, -0.2) is 0 Å². The molecule has 0 saturated carbocycles. The predicted octanol–water partition coefficient (Wildman–Crippen LogP) is 14.9. The summed E-state index contributed by atoms with van der Waals surface area (Å²) in [5, 5.41) is 5.42. The summed E-state index contributed by atoms with van der Waals surface area (Å²) in [5.74, 6) is 1.00. The van der Waals surface area contributed by atoms with Gasteiger partial charge in [0.05, 0.1) is 0 Å². The van der Waals surface area contributed by atoms with E-state index in [9.17, 15) is 0 Å². The van der Waals surface area contributed by atoms with E-state index in [0.717, 1.165) is 19.3 Å². The van der Waals surface area contributed by atoms with Gasteiger partial charge in [0.1, 0.15) is 0 Å². The molecule has 0 fully saturated rings. The Morgan fingerprint density at radius 3 is 1.98 bits per heavy atom. The lowest BCUT2D eigenvalue weighted by atomic mass is 9.68. The van der Waals surface area contributed by atoms with Crippen LogP contribution in [0.2, 0.25) is 0 Å². The zero-order chi connectivity index (χ0) is 38.3. The maximum Gasteiger partial charge on any atom is 0.0133 e. The summed E-state index contributed by atoms with van der Waals surface area (Å²) < 4.78 is 0. The standard InChI is InChI=1S/C56H52/c1-55(2,3)43-25-23-41-29-44(56(4,5)6)32-49(48(41)31-43)42-24-26-47-51(40-22-20-36-14-8-10-16-38(36)28-40)33-53-46-18-12-11-17-45(46)50(34-54(53)52(47)30-42)39-21-19-35-13-7-9-15-37(35)27-39/h7-17,19-26,29-34,39-40,46H,18,27-28H2,1-6H3. The van der Waals surface area contributed by atoms with Crippen LogP contribution in [0.5, 0.6) is 0 Å². The van der Waals surface area contributed by atoms with E-state index < -0.39 is 0 Å². The average molecular weight is 725 g/mol. The lowest BCUT2D eigenvalue weighted by Crippen LogP contribution is -2.20. The maximum atomic E-state index is 2.61. The predicted molar refractivity (Wildman–Crippen MR) is 241 cm³/mol. The van der Waals surface area contributed by atoms with Gasteiger partial charge in [-0.1, -0.05) is 175 Å². The van der Waals surface area contributed by atoms with E-state index in [-0.39, 0.29) is 10.8 Å². The number of rotatable bonds is 3. The van der Waals surface area contributed by atoms with Crippen LogP contribution in [0.4, 0.5) is 0 Å². The fourth-order valence-corrected chi connectivity index (χ4v) is 9.94. The van der Waals surface area contributed by atoms with Crippen LogP contribution in [-0.2, 0) is 23.7 Å². The summed E-state index contributed by atoms with van der Waals surface area (Å²) in [7, 11) is 0. The maximum absolute atomic E-state index is 2.61. The first-order valence-corrected chi connectivity index (χ1v) is 20.8. The number of allylic oxidation sites excluding steroid dienone is 7. The molecule has 0 amide bonds. The zero-order valence-corrected chi connectivity index (χ0v) is 33.8. The van der Waals surface area contributed by atoms with Crippen LogP contribution in [0.25, 0.3) is 50.9 Å². The highest BCUT2D eigenvalue weighted by molar-refractivity contribution is 6.04. The molecule has 3 unspecified atom stereocenters. The summed E-state index contributed by atoms with van der Waals surface area (Å²) >= 11 is 0. The molecule has 0 bridgehead atoms. The van der Waals surface area contributed by atoms with Crippen molar-refractivity contribution >= 4 is 39.8 Å². The molecule has 0 heterocycles. The van der Waals surface area contributed by atoms with Gasteiger partial charge in [0.2, 0.25) is 0 Å². The zero-order valence-electron chi connectivity index (χ0n) is 33.8. The molecule has 0 aliphatic heterocycles. The van der Waals surface area contributed by atoms with E-state index in [2.05, 4.69) is 193 Å². The molecule has 10 rings (SSSR count). The van der Waals surface area contributed by atoms with Crippen molar-refractivity contribution in [2.75, 3.05) is 0 Å². The number of hydrogen-bond donors (Lipinski definition) is 0. The third-order valence-electron chi connectivity index (χ3n) is 13.2. The van der Waals surface area contributed by atoms with E-state index in [0.29, 0.717) is 17.8 Å². The fourth-order valence-electron chi connectivity index (χ4n) is 9.94. The average Bonchev–Trinajstić information content (AvgIpc) is 3.21. The van der Waals surface area contributed by atoms with Crippen LogP contribution < -0.4 is 0 Å². The first kappa shape index (κ1) is 35.0. The molecule has 0 saturated heterocycles. The second-order valence-corrected chi connectivity index (χ2v) is 18.9. The van der Waals surface area contributed by atoms with E-state index in [4.69, 9.17) is 0 Å². The Morgan fingerprint density at radius 2 is 1.25 bits per heavy atom. The van der Waals surface area contributed by atoms with E-state index in [1.165, 1.54) is 93.9 Å². The molecule has 4 aliphatic carbocycles. The second kappa shape index (κ2) is 13.1. The highest BCUT2D eigenvalue weighted by Crippen LogP contribution is 2.51. The van der Waals surface area contributed by atoms with Gasteiger partial charge in [0.25, 0.3) is 0 Å². The van der Waals surface area contributed by atoms with Crippen LogP contribution in [0.3, 0.4) is 0 Å². The van der Waals surface area contributed by atoms with Crippen molar-refractivity contribution in [1.82, 2.24) is 0 Å². The van der Waals surface area contributed by atoms with Crippen molar-refractivity contribution in [3.8, 4) is 11.1 Å². The number of hydrogen-bond acceptors (Lipinski definition) is 0. The molecule has 0 aromatic heterocycles. The summed E-state index contributed by atoms with van der Waals surface area (Å²) in [6.45, 7) is 14.0. The third kappa shape index (κ3) is 5.97. The largest absolute Gasteiger partial charge is 0.0836 e. The van der Waals surface area contributed by atoms with Crippen molar-refractivity contribution in [1.29, 1.82) is 0 Å². The first-order chi connectivity index (χ1) is 27.0. The molecule has 0 N–H and O–H groups in total. The van der Waals surface area contributed by atoms with Crippen molar-refractivity contribution in [3.63, 3.8) is 0 Å². The van der Waals surface area contributed by atoms with Gasteiger partial charge in [0.15, 0.2) is 0 Å². The molecule has 0 heteroatoms. The summed E-state index contributed by atoms with van der Waals surface area (Å²) in [5.41, 5.74) is 18.4. The fraction of sp³-hybridized carbons (Fsp3) is 0.250. The normalized spacial score (nSPS) is 19.9. The Kier molecular flexibility index (Phi) is 8.16. The van der Waals surface area contributed by atoms with Gasteiger partial charge in [-0.3, -0.25) is 0 Å². The van der Waals surface area contributed by atoms with Crippen LogP contribution >= 0.6 is 0 Å². The van der Waals surface area contributed by atoms with Crippen LogP contribution in [0, 0.1) is 5.92 Å². The minimum atomic E-state index is 0.0272. The molecule has 0 radical (unpaired) electrons. The van der Waals surface area contributed by atoms with Gasteiger partial charge in [-0.2, -0.15) is 0 Å². The van der Waals surface area contributed by atoms with Crippen molar-refractivity contribution in [3.05, 3.63) is 195 Å². The highest BCUT2D eigenvalue weighted by Gasteiger charge is 2.33. The van der Waals surface area contributed by atoms with Gasteiger partial charge >= 0.3 is 0 Å². The molecule has 6 aromatic carbocycles. The lowest BCUT2D eigenvalue weighted by Gasteiger charge is -2.36. The highest BCUT2D eigenvalue weighted by atomic mass is 14.4. The summed E-state index contributed by atoms with van der Waals surface area (Å²) in [4.78, 5) is 0. The van der Waals surface area contributed by atoms with Gasteiger partial charge in [-0.25, -0.2) is 0 Å². The molecule has 6 aromatic rings. The Bertz CT molecular complexity index is 2740. The van der Waals surface area contributed by atoms with Crippen molar-refractivity contribution < 1.29 is 0 Å². The molecule has 4 aliphatic rings. The molecule has 56 heavy (non-hydrogen) atoms. The SMILES string of the molecule is CC(C)(C)c1cc(-c2ccc3c(C4C=Cc5ccccc5C4)cc4c(c3c2)C=C(C2C=Cc3ccccc3C2)C2=CC=CCC24)c2cc(C(C)(C)C)ccc2c1. The molecular weight excluding hydrogens is 673 g/mol. The Morgan fingerprint density at radius 1 is 0.554 bits per heavy atom. The van der Waals surface area contributed by atoms with Gasteiger partial charge in [-0.15, -0.1) is 0 Å². The lowest BCUT2D eigenvalue weighted by molar-refractivity contribution is 0.589.